The third kappa shape index (κ3) is 1.71. The van der Waals surface area contributed by atoms with E-state index >= 15 is 0 Å². The number of hydrogen-bond donors (Lipinski definition) is 2. The van der Waals surface area contributed by atoms with Crippen molar-refractivity contribution >= 4 is 23.3 Å². The van der Waals surface area contributed by atoms with Gasteiger partial charge in [-0.2, -0.15) is 0 Å². The monoisotopic (exact) mass is 244 g/mol. The molecule has 18 heavy (non-hydrogen) atoms. The highest BCUT2D eigenvalue weighted by atomic mass is 16.2. The van der Waals surface area contributed by atoms with E-state index in [0.29, 0.717) is 18.7 Å². The van der Waals surface area contributed by atoms with Crippen molar-refractivity contribution in [3.8, 4) is 0 Å². The average Bonchev–Trinajstić information content (AvgIpc) is 2.68. The normalized spacial score (nSPS) is 20.1. The lowest BCUT2D eigenvalue weighted by atomic mass is 9.92. The number of imidazole rings is 1. The zero-order valence-corrected chi connectivity index (χ0v) is 9.59. The molecule has 1 saturated heterocycles. The molecule has 0 aromatic carbocycles. The van der Waals surface area contributed by atoms with E-state index in [2.05, 4.69) is 10.3 Å². The Balaban J connectivity index is 1.98. The highest BCUT2D eigenvalue weighted by Gasteiger charge is 2.28. The Hall–Kier alpha value is -2.37. The molecule has 6 heteroatoms. The van der Waals surface area contributed by atoms with Crippen molar-refractivity contribution in [3.05, 3.63) is 30.1 Å². The maximum atomic E-state index is 11.8. The number of piperidine rings is 1. The first-order chi connectivity index (χ1) is 8.63. The Morgan fingerprint density at radius 1 is 1.33 bits per heavy atom. The molecule has 6 nitrogen and oxygen atoms in total. The first kappa shape index (κ1) is 10.8. The van der Waals surface area contributed by atoms with E-state index in [1.807, 2.05) is 18.3 Å². The van der Waals surface area contributed by atoms with Crippen molar-refractivity contribution < 1.29 is 9.59 Å². The van der Waals surface area contributed by atoms with Crippen LogP contribution in [0.5, 0.6) is 0 Å². The lowest BCUT2D eigenvalue weighted by Gasteiger charge is -2.20. The number of imide groups is 1. The van der Waals surface area contributed by atoms with Crippen molar-refractivity contribution in [1.29, 1.82) is 0 Å². The topological polar surface area (TPSA) is 89.5 Å². The third-order valence-corrected chi connectivity index (χ3v) is 3.13. The van der Waals surface area contributed by atoms with Gasteiger partial charge in [-0.05, 0) is 18.1 Å². The van der Waals surface area contributed by atoms with Crippen LogP contribution in [-0.4, -0.2) is 21.2 Å². The molecule has 0 saturated carbocycles. The van der Waals surface area contributed by atoms with Gasteiger partial charge < -0.3 is 10.1 Å². The molecule has 1 atom stereocenters. The minimum Gasteiger partial charge on any atom is -0.382 e. The summed E-state index contributed by atoms with van der Waals surface area (Å²) in [6.07, 6.45) is 4.45. The van der Waals surface area contributed by atoms with Crippen LogP contribution in [-0.2, 0) is 9.59 Å². The van der Waals surface area contributed by atoms with Gasteiger partial charge in [-0.25, -0.2) is 4.98 Å². The molecule has 0 aliphatic carbocycles. The van der Waals surface area contributed by atoms with Gasteiger partial charge in [-0.15, -0.1) is 0 Å². The molecule has 92 valence electrons. The lowest BCUT2D eigenvalue weighted by Crippen LogP contribution is -2.39. The molecule has 0 bridgehead atoms. The largest absolute Gasteiger partial charge is 0.382 e. The number of aromatic nitrogens is 2. The molecular formula is C12H12N4O2. The summed E-state index contributed by atoms with van der Waals surface area (Å²) in [7, 11) is 0. The van der Waals surface area contributed by atoms with Crippen LogP contribution in [0.25, 0.3) is 5.65 Å². The van der Waals surface area contributed by atoms with Crippen LogP contribution >= 0.6 is 0 Å². The fourth-order valence-corrected chi connectivity index (χ4v) is 2.25. The van der Waals surface area contributed by atoms with Gasteiger partial charge in [0, 0.05) is 12.6 Å². The van der Waals surface area contributed by atoms with E-state index in [4.69, 9.17) is 5.73 Å². The molecule has 1 fully saturated rings. The minimum absolute atomic E-state index is 0.204. The number of carbonyl (C=O) groups excluding carboxylic acids is 2. The maximum Gasteiger partial charge on any atom is 0.234 e. The number of rotatable bonds is 1. The number of nitrogens with zero attached hydrogens (tertiary/aromatic N) is 2. The highest BCUT2D eigenvalue weighted by Crippen LogP contribution is 2.25. The van der Waals surface area contributed by atoms with Gasteiger partial charge in [-0.1, -0.05) is 6.07 Å². The first-order valence-corrected chi connectivity index (χ1v) is 5.71. The van der Waals surface area contributed by atoms with Gasteiger partial charge in [0.1, 0.15) is 11.5 Å². The van der Waals surface area contributed by atoms with Crippen molar-refractivity contribution in [3.63, 3.8) is 0 Å². The van der Waals surface area contributed by atoms with Gasteiger partial charge in [0.05, 0.1) is 12.1 Å². The summed E-state index contributed by atoms with van der Waals surface area (Å²) < 4.78 is 1.79. The molecule has 0 radical (unpaired) electrons. The van der Waals surface area contributed by atoms with Crippen molar-refractivity contribution in [2.75, 3.05) is 5.73 Å². The predicted molar refractivity (Wildman–Crippen MR) is 64.7 cm³/mol. The SMILES string of the molecule is Nc1cn2cc(C3CCC(=O)NC3=O)ccc2n1. The van der Waals surface area contributed by atoms with Gasteiger partial charge in [0.15, 0.2) is 0 Å². The van der Waals surface area contributed by atoms with E-state index in [-0.39, 0.29) is 17.7 Å². The summed E-state index contributed by atoms with van der Waals surface area (Å²) in [5.41, 5.74) is 7.21. The number of hydrogen-bond acceptors (Lipinski definition) is 4. The maximum absolute atomic E-state index is 11.8. The summed E-state index contributed by atoms with van der Waals surface area (Å²) in [6.45, 7) is 0. The van der Waals surface area contributed by atoms with Crippen LogP contribution in [0.15, 0.2) is 24.5 Å². The number of nitrogens with one attached hydrogen (secondary N) is 1. The van der Waals surface area contributed by atoms with E-state index in [1.165, 1.54) is 0 Å². The minimum atomic E-state index is -0.282. The van der Waals surface area contributed by atoms with Gasteiger partial charge >= 0.3 is 0 Å². The summed E-state index contributed by atoms with van der Waals surface area (Å²) in [6, 6.07) is 3.66. The van der Waals surface area contributed by atoms with Crippen molar-refractivity contribution in [2.24, 2.45) is 0 Å². The average molecular weight is 244 g/mol. The smallest absolute Gasteiger partial charge is 0.234 e. The fraction of sp³-hybridized carbons (Fsp3) is 0.250. The standard InChI is InChI=1S/C12H12N4O2/c13-9-6-16-5-7(1-3-10(16)14-9)8-2-4-11(17)15-12(8)18/h1,3,5-6,8H,2,4,13H2,(H,15,17,18). The Morgan fingerprint density at radius 2 is 2.17 bits per heavy atom. The summed E-state index contributed by atoms with van der Waals surface area (Å²) in [4.78, 5) is 27.0. The van der Waals surface area contributed by atoms with Crippen LogP contribution in [0.4, 0.5) is 5.82 Å². The summed E-state index contributed by atoms with van der Waals surface area (Å²) in [5.74, 6) is -0.283. The second kappa shape index (κ2) is 3.83. The number of amides is 2. The fourth-order valence-electron chi connectivity index (χ4n) is 2.25. The molecule has 1 aliphatic rings. The molecule has 2 aromatic heterocycles. The van der Waals surface area contributed by atoms with Crippen LogP contribution in [0, 0.1) is 0 Å². The third-order valence-electron chi connectivity index (χ3n) is 3.13. The number of pyridine rings is 1. The van der Waals surface area contributed by atoms with Crippen molar-refractivity contribution in [2.45, 2.75) is 18.8 Å². The van der Waals surface area contributed by atoms with Gasteiger partial charge in [-0.3, -0.25) is 14.9 Å². The van der Waals surface area contributed by atoms with Gasteiger partial charge in [0.2, 0.25) is 11.8 Å². The molecule has 0 spiro atoms. The van der Waals surface area contributed by atoms with E-state index in [0.717, 1.165) is 11.2 Å². The summed E-state index contributed by atoms with van der Waals surface area (Å²) >= 11 is 0. The zero-order chi connectivity index (χ0) is 12.7. The number of fused-ring (bicyclic) bond motifs is 1. The van der Waals surface area contributed by atoms with E-state index in [9.17, 15) is 9.59 Å². The van der Waals surface area contributed by atoms with Gasteiger partial charge in [0.25, 0.3) is 0 Å². The van der Waals surface area contributed by atoms with E-state index < -0.39 is 0 Å². The number of nitrogens with two attached hydrogens (primary N) is 1. The van der Waals surface area contributed by atoms with Crippen LogP contribution in [0.1, 0.15) is 24.3 Å². The Labute approximate surface area is 103 Å². The molecule has 3 rings (SSSR count). The summed E-state index contributed by atoms with van der Waals surface area (Å²) in [5, 5.41) is 2.35. The number of nitrogen functional groups attached to an aromatic ring is 1. The number of carbonyl (C=O) groups is 2. The second-order valence-corrected chi connectivity index (χ2v) is 4.40. The zero-order valence-electron chi connectivity index (χ0n) is 9.59. The highest BCUT2D eigenvalue weighted by molar-refractivity contribution is 6.00. The Kier molecular flexibility index (Phi) is 2.29. The second-order valence-electron chi connectivity index (χ2n) is 4.40. The number of anilines is 1. The van der Waals surface area contributed by atoms with E-state index in [1.54, 1.807) is 10.6 Å². The molecule has 1 aliphatic heterocycles. The molecule has 2 aromatic rings. The van der Waals surface area contributed by atoms with Crippen LogP contribution in [0.3, 0.4) is 0 Å². The molecule has 2 amide bonds. The molecular weight excluding hydrogens is 232 g/mol. The predicted octanol–water partition coefficient (Wildman–Crippen LogP) is 0.437. The molecule has 3 N–H and O–H groups in total. The Morgan fingerprint density at radius 3 is 2.94 bits per heavy atom. The van der Waals surface area contributed by atoms with Crippen LogP contribution < -0.4 is 11.1 Å². The molecule has 1 unspecified atom stereocenters. The first-order valence-electron chi connectivity index (χ1n) is 5.71. The molecule has 3 heterocycles. The quantitative estimate of drug-likeness (QED) is 0.712. The Bertz CT molecular complexity index is 647. The van der Waals surface area contributed by atoms with Crippen LogP contribution in [0.2, 0.25) is 0 Å². The lowest BCUT2D eigenvalue weighted by molar-refractivity contribution is -0.134. The van der Waals surface area contributed by atoms with Crippen molar-refractivity contribution in [1.82, 2.24) is 14.7 Å².